The Kier molecular flexibility index (Phi) is 3.88. The van der Waals surface area contributed by atoms with E-state index in [1.807, 2.05) is 18.2 Å². The zero-order valence-corrected chi connectivity index (χ0v) is 15.7. The third-order valence-electron chi connectivity index (χ3n) is 4.91. The van der Waals surface area contributed by atoms with E-state index in [1.165, 1.54) is 25.3 Å². The second kappa shape index (κ2) is 6.59. The maximum absolute atomic E-state index is 12.4. The fourth-order valence-electron chi connectivity index (χ4n) is 3.54. The summed E-state index contributed by atoms with van der Waals surface area (Å²) < 4.78 is 6.38. The van der Waals surface area contributed by atoms with Gasteiger partial charge in [-0.25, -0.2) is 9.78 Å². The average molecular weight is 401 g/mol. The van der Waals surface area contributed by atoms with Crippen molar-refractivity contribution < 1.29 is 19.4 Å². The van der Waals surface area contributed by atoms with Gasteiger partial charge in [-0.05, 0) is 36.4 Å². The quantitative estimate of drug-likeness (QED) is 0.450. The van der Waals surface area contributed by atoms with Gasteiger partial charge in [0.15, 0.2) is 5.78 Å². The molecule has 4 aliphatic rings. The molecule has 1 aliphatic carbocycles. The van der Waals surface area contributed by atoms with Crippen LogP contribution >= 0.6 is 0 Å². The summed E-state index contributed by atoms with van der Waals surface area (Å²) in [6, 6.07) is 7.41. The zero-order valence-electron chi connectivity index (χ0n) is 15.7. The molecule has 9 heteroatoms. The first-order valence-corrected chi connectivity index (χ1v) is 9.02. The minimum absolute atomic E-state index is 0.00970. The third-order valence-corrected chi connectivity index (χ3v) is 4.91. The SMILES string of the molecule is COC(=O)Nc1ncc2ccc3cnc4c-3c(cc/c4=C3/C=C(O)C=CC3=O)n-2[nH]1. The highest BCUT2D eigenvalue weighted by molar-refractivity contribution is 6.26. The van der Waals surface area contributed by atoms with Crippen molar-refractivity contribution in [3.63, 3.8) is 0 Å². The molecule has 0 radical (unpaired) electrons. The molecule has 3 N–H and O–H groups in total. The normalized spacial score (nSPS) is 15.6. The number of hydrogen-bond donors (Lipinski definition) is 3. The molecule has 148 valence electrons. The Morgan fingerprint density at radius 2 is 2.03 bits per heavy atom. The number of nitrogens with zero attached hydrogens (tertiary/aromatic N) is 3. The number of aliphatic hydroxyl groups excluding tert-OH is 1. The molecule has 0 saturated carbocycles. The Morgan fingerprint density at radius 1 is 1.17 bits per heavy atom. The summed E-state index contributed by atoms with van der Waals surface area (Å²) in [5.74, 6) is 0.00897. The van der Waals surface area contributed by atoms with E-state index in [0.717, 1.165) is 22.3 Å². The van der Waals surface area contributed by atoms with Crippen LogP contribution in [-0.2, 0) is 9.53 Å². The first-order valence-electron chi connectivity index (χ1n) is 9.02. The minimum atomic E-state index is -0.647. The van der Waals surface area contributed by atoms with Crippen LogP contribution in [0.4, 0.5) is 10.7 Å². The van der Waals surface area contributed by atoms with Crippen LogP contribution in [0, 0.1) is 0 Å². The molecule has 5 rings (SSSR count). The molecule has 9 nitrogen and oxygen atoms in total. The molecule has 3 aliphatic heterocycles. The van der Waals surface area contributed by atoms with Gasteiger partial charge in [0.05, 0.1) is 30.0 Å². The van der Waals surface area contributed by atoms with Crippen molar-refractivity contribution in [3.8, 4) is 16.8 Å². The van der Waals surface area contributed by atoms with Crippen LogP contribution in [0.3, 0.4) is 0 Å². The number of hydrogen-bond acceptors (Lipinski definition) is 6. The van der Waals surface area contributed by atoms with Crippen molar-refractivity contribution in [2.24, 2.45) is 0 Å². The molecular weight excluding hydrogens is 386 g/mol. The van der Waals surface area contributed by atoms with E-state index in [2.05, 4.69) is 25.1 Å². The molecule has 0 bridgehead atoms. The lowest BCUT2D eigenvalue weighted by Gasteiger charge is -2.13. The Hall–Kier alpha value is -4.40. The number of rotatable bonds is 1. The molecule has 30 heavy (non-hydrogen) atoms. The molecule has 1 aromatic rings. The highest BCUT2D eigenvalue weighted by Crippen LogP contribution is 2.32. The number of aliphatic hydroxyl groups is 1. The molecule has 3 heterocycles. The van der Waals surface area contributed by atoms with Gasteiger partial charge < -0.3 is 9.84 Å². The standard InChI is InChI=1S/C21H15N5O4/c1-30-21(29)24-20-23-10-12-3-2-11-9-22-19-14(15-8-13(27)4-7-17(15)28)5-6-16(18(11)19)26(12)25-20/h2-10,27H,1H3,(H2,23,24,25,29)/b15-14+. The number of aromatic amines is 1. The smallest absolute Gasteiger partial charge is 0.413 e. The van der Waals surface area contributed by atoms with Crippen LogP contribution in [0.15, 0.2) is 60.6 Å². The van der Waals surface area contributed by atoms with Gasteiger partial charge in [0.1, 0.15) is 5.76 Å². The number of benzene rings is 1. The van der Waals surface area contributed by atoms with Crippen LogP contribution in [0.1, 0.15) is 0 Å². The second-order valence-electron chi connectivity index (χ2n) is 6.68. The van der Waals surface area contributed by atoms with Gasteiger partial charge in [0.2, 0.25) is 5.95 Å². The molecule has 0 atom stereocenters. The van der Waals surface area contributed by atoms with Crippen molar-refractivity contribution in [1.29, 1.82) is 0 Å². The van der Waals surface area contributed by atoms with Gasteiger partial charge in [-0.15, -0.1) is 0 Å². The maximum atomic E-state index is 12.4. The number of carbonyl (C=O) groups excluding carboxylic acids is 2. The van der Waals surface area contributed by atoms with Crippen LogP contribution in [0.5, 0.6) is 0 Å². The van der Waals surface area contributed by atoms with E-state index in [0.29, 0.717) is 16.3 Å². The Morgan fingerprint density at radius 3 is 2.87 bits per heavy atom. The first kappa shape index (κ1) is 17.7. The predicted octanol–water partition coefficient (Wildman–Crippen LogP) is 2.48. The number of nitrogens with one attached hydrogen (secondary N) is 2. The largest absolute Gasteiger partial charge is 0.508 e. The Labute approximate surface area is 169 Å². The van der Waals surface area contributed by atoms with Crippen molar-refractivity contribution in [1.82, 2.24) is 19.7 Å². The van der Waals surface area contributed by atoms with Crippen molar-refractivity contribution in [2.45, 2.75) is 0 Å². The molecule has 0 fully saturated rings. The lowest BCUT2D eigenvalue weighted by molar-refractivity contribution is -0.109. The maximum Gasteiger partial charge on any atom is 0.413 e. The van der Waals surface area contributed by atoms with Gasteiger partial charge in [0, 0.05) is 28.1 Å². The summed E-state index contributed by atoms with van der Waals surface area (Å²) in [5, 5.41) is 16.0. The summed E-state index contributed by atoms with van der Waals surface area (Å²) >= 11 is 0. The lowest BCUT2D eigenvalue weighted by atomic mass is 9.99. The molecule has 1 amide bonds. The molecule has 0 saturated heterocycles. The number of carbonyl (C=O) groups is 2. The predicted molar refractivity (Wildman–Crippen MR) is 109 cm³/mol. The number of ether oxygens (including phenoxy) is 1. The van der Waals surface area contributed by atoms with Crippen LogP contribution in [0.25, 0.3) is 33.4 Å². The number of H-pyrrole nitrogens is 1. The van der Waals surface area contributed by atoms with E-state index in [4.69, 9.17) is 0 Å². The first-order chi connectivity index (χ1) is 14.5. The fraction of sp³-hybridized carbons (Fsp3) is 0.0476. The minimum Gasteiger partial charge on any atom is -0.508 e. The van der Waals surface area contributed by atoms with E-state index < -0.39 is 6.09 Å². The number of methoxy groups -OCH3 is 1. The van der Waals surface area contributed by atoms with Crippen LogP contribution in [-0.4, -0.2) is 43.8 Å². The lowest BCUT2D eigenvalue weighted by Crippen LogP contribution is -2.17. The van der Waals surface area contributed by atoms with Crippen molar-refractivity contribution in [3.05, 3.63) is 65.9 Å². The van der Waals surface area contributed by atoms with Gasteiger partial charge in [0.25, 0.3) is 0 Å². The van der Waals surface area contributed by atoms with Gasteiger partial charge in [-0.3, -0.25) is 24.9 Å². The molecule has 0 aromatic heterocycles. The fourth-order valence-corrected chi connectivity index (χ4v) is 3.54. The van der Waals surface area contributed by atoms with Gasteiger partial charge in [-0.2, -0.15) is 0 Å². The number of anilines is 1. The highest BCUT2D eigenvalue weighted by Gasteiger charge is 2.19. The second-order valence-corrected chi connectivity index (χ2v) is 6.68. The van der Waals surface area contributed by atoms with Crippen LogP contribution in [0.2, 0.25) is 0 Å². The van der Waals surface area contributed by atoms with Crippen molar-refractivity contribution in [2.75, 3.05) is 12.4 Å². The van der Waals surface area contributed by atoms with Crippen LogP contribution < -0.4 is 10.5 Å². The third kappa shape index (κ3) is 2.72. The molecular formula is C21H15N5O4. The molecule has 1 aromatic carbocycles. The van der Waals surface area contributed by atoms with Crippen molar-refractivity contribution >= 4 is 34.4 Å². The van der Waals surface area contributed by atoms with Gasteiger partial charge >= 0.3 is 6.09 Å². The molecule has 0 spiro atoms. The summed E-state index contributed by atoms with van der Waals surface area (Å²) in [4.78, 5) is 32.7. The number of ketones is 1. The summed E-state index contributed by atoms with van der Waals surface area (Å²) in [5.41, 5.74) is 4.21. The summed E-state index contributed by atoms with van der Waals surface area (Å²) in [6.07, 6.45) is 6.84. The van der Waals surface area contributed by atoms with E-state index in [1.54, 1.807) is 23.1 Å². The highest BCUT2D eigenvalue weighted by atomic mass is 16.5. The summed E-state index contributed by atoms with van der Waals surface area (Å²) in [7, 11) is 1.27. The average Bonchev–Trinajstić information content (AvgIpc) is 3.11. The Bertz CT molecular complexity index is 1410. The number of fused-ring (bicyclic) bond motifs is 2. The van der Waals surface area contributed by atoms with E-state index in [-0.39, 0.29) is 17.5 Å². The van der Waals surface area contributed by atoms with E-state index in [9.17, 15) is 14.7 Å². The van der Waals surface area contributed by atoms with Gasteiger partial charge in [-0.1, -0.05) is 6.07 Å². The monoisotopic (exact) mass is 401 g/mol. The number of allylic oxidation sites excluding steroid dienone is 3. The van der Waals surface area contributed by atoms with E-state index >= 15 is 0 Å². The number of amides is 1. The topological polar surface area (TPSA) is 122 Å². The number of aromatic nitrogens is 4. The zero-order chi connectivity index (χ0) is 20.8. The molecule has 0 unspecified atom stereocenters. The summed E-state index contributed by atoms with van der Waals surface area (Å²) in [6.45, 7) is 0. The Balaban J connectivity index is 1.83.